The summed E-state index contributed by atoms with van der Waals surface area (Å²) in [5.74, 6) is 2.25. The van der Waals surface area contributed by atoms with Gasteiger partial charge in [0.15, 0.2) is 0 Å². The van der Waals surface area contributed by atoms with Crippen molar-refractivity contribution in [2.75, 3.05) is 12.8 Å². The zero-order valence-electron chi connectivity index (χ0n) is 12.7. The molecule has 0 saturated heterocycles. The van der Waals surface area contributed by atoms with Crippen LogP contribution in [0.2, 0.25) is 0 Å². The van der Waals surface area contributed by atoms with E-state index < -0.39 is 9.84 Å². The van der Waals surface area contributed by atoms with Crippen molar-refractivity contribution >= 4 is 9.84 Å². The lowest BCUT2D eigenvalue weighted by Crippen LogP contribution is -2.35. The third-order valence-corrected chi connectivity index (χ3v) is 7.48. The maximum absolute atomic E-state index is 11.8. The van der Waals surface area contributed by atoms with Crippen LogP contribution in [0.5, 0.6) is 0 Å². The maximum atomic E-state index is 11.8. The molecule has 0 heterocycles. The Hall–Kier alpha value is -0.0900. The van der Waals surface area contributed by atoms with Crippen LogP contribution in [0.25, 0.3) is 0 Å². The fourth-order valence-electron chi connectivity index (χ4n) is 4.50. The van der Waals surface area contributed by atoms with Crippen LogP contribution in [0.3, 0.4) is 0 Å². The van der Waals surface area contributed by atoms with Crippen molar-refractivity contribution in [1.82, 2.24) is 5.32 Å². The van der Waals surface area contributed by atoms with Gasteiger partial charge < -0.3 is 5.32 Å². The molecule has 4 heteroatoms. The highest BCUT2D eigenvalue weighted by atomic mass is 32.2. The lowest BCUT2D eigenvalue weighted by Gasteiger charge is -2.35. The van der Waals surface area contributed by atoms with Gasteiger partial charge >= 0.3 is 0 Å². The van der Waals surface area contributed by atoms with Gasteiger partial charge in [-0.05, 0) is 62.8 Å². The second-order valence-electron chi connectivity index (χ2n) is 7.42. The molecule has 3 nitrogen and oxygen atoms in total. The molecular formula is C16H29NO2S. The fraction of sp³-hybridized carbons (Fsp3) is 1.00. The average Bonchev–Trinajstić information content (AvgIpc) is 3.12. The van der Waals surface area contributed by atoms with Crippen LogP contribution in [0.15, 0.2) is 0 Å². The van der Waals surface area contributed by atoms with Crippen LogP contribution in [-0.4, -0.2) is 32.5 Å². The van der Waals surface area contributed by atoms with Crippen molar-refractivity contribution in [2.45, 2.75) is 69.1 Å². The van der Waals surface area contributed by atoms with Gasteiger partial charge in [-0.1, -0.05) is 19.3 Å². The van der Waals surface area contributed by atoms with Gasteiger partial charge in [-0.15, -0.1) is 0 Å². The summed E-state index contributed by atoms with van der Waals surface area (Å²) in [6.07, 6.45) is 12.4. The van der Waals surface area contributed by atoms with Gasteiger partial charge in [0.2, 0.25) is 0 Å². The number of rotatable bonds is 5. The Labute approximate surface area is 123 Å². The van der Waals surface area contributed by atoms with Crippen molar-refractivity contribution < 1.29 is 8.42 Å². The average molecular weight is 299 g/mol. The Morgan fingerprint density at radius 3 is 2.45 bits per heavy atom. The molecule has 0 amide bonds. The largest absolute Gasteiger partial charge is 0.314 e. The quantitative estimate of drug-likeness (QED) is 0.849. The third-order valence-electron chi connectivity index (χ3n) is 5.84. The standard InChI is InChI=1S/C16H29NO2S/c1-20(18,19)15-6-2-4-12(10-15)16-7-3-5-13(16)11-17-14-8-9-14/h12-17H,2-11H2,1H3. The van der Waals surface area contributed by atoms with E-state index in [0.717, 1.165) is 37.1 Å². The summed E-state index contributed by atoms with van der Waals surface area (Å²) < 4.78 is 23.7. The molecule has 3 rings (SSSR count). The summed E-state index contributed by atoms with van der Waals surface area (Å²) in [6, 6.07) is 0.798. The summed E-state index contributed by atoms with van der Waals surface area (Å²) in [7, 11) is -2.84. The monoisotopic (exact) mass is 299 g/mol. The number of sulfone groups is 1. The first-order valence-corrected chi connectivity index (χ1v) is 10.4. The van der Waals surface area contributed by atoms with E-state index in [4.69, 9.17) is 0 Å². The summed E-state index contributed by atoms with van der Waals surface area (Å²) in [6.45, 7) is 1.18. The van der Waals surface area contributed by atoms with E-state index in [1.54, 1.807) is 0 Å². The van der Waals surface area contributed by atoms with E-state index in [9.17, 15) is 8.42 Å². The molecule has 3 fully saturated rings. The Morgan fingerprint density at radius 1 is 1.00 bits per heavy atom. The van der Waals surface area contributed by atoms with Crippen LogP contribution < -0.4 is 5.32 Å². The molecule has 0 bridgehead atoms. The molecular weight excluding hydrogens is 270 g/mol. The van der Waals surface area contributed by atoms with Gasteiger partial charge in [-0.3, -0.25) is 0 Å². The molecule has 3 aliphatic rings. The first-order valence-electron chi connectivity index (χ1n) is 8.46. The Morgan fingerprint density at radius 2 is 1.75 bits per heavy atom. The normalized spacial score (nSPS) is 39.0. The molecule has 20 heavy (non-hydrogen) atoms. The summed E-state index contributed by atoms with van der Waals surface area (Å²) in [5, 5.41) is 3.63. The molecule has 4 unspecified atom stereocenters. The van der Waals surface area contributed by atoms with Crippen molar-refractivity contribution in [3.8, 4) is 0 Å². The summed E-state index contributed by atoms with van der Waals surface area (Å²) in [4.78, 5) is 0. The van der Waals surface area contributed by atoms with Crippen LogP contribution in [0.1, 0.15) is 57.8 Å². The lowest BCUT2D eigenvalue weighted by molar-refractivity contribution is 0.200. The summed E-state index contributed by atoms with van der Waals surface area (Å²) >= 11 is 0. The van der Waals surface area contributed by atoms with Gasteiger partial charge in [-0.25, -0.2) is 8.42 Å². The van der Waals surface area contributed by atoms with Gasteiger partial charge in [0.1, 0.15) is 9.84 Å². The predicted octanol–water partition coefficient (Wildman–Crippen LogP) is 2.76. The minimum absolute atomic E-state index is 0.0566. The third kappa shape index (κ3) is 3.56. The van der Waals surface area contributed by atoms with E-state index in [-0.39, 0.29) is 5.25 Å². The minimum atomic E-state index is -2.84. The van der Waals surface area contributed by atoms with Gasteiger partial charge in [0.25, 0.3) is 0 Å². The van der Waals surface area contributed by atoms with Crippen molar-refractivity contribution in [3.05, 3.63) is 0 Å². The fourth-order valence-corrected chi connectivity index (χ4v) is 5.70. The predicted molar refractivity (Wildman–Crippen MR) is 82.4 cm³/mol. The van der Waals surface area contributed by atoms with E-state index >= 15 is 0 Å². The molecule has 3 aliphatic carbocycles. The molecule has 4 atom stereocenters. The molecule has 0 aliphatic heterocycles. The van der Waals surface area contributed by atoms with Crippen molar-refractivity contribution in [3.63, 3.8) is 0 Å². The topological polar surface area (TPSA) is 46.2 Å². The van der Waals surface area contributed by atoms with Crippen molar-refractivity contribution in [1.29, 1.82) is 0 Å². The first kappa shape index (κ1) is 14.8. The minimum Gasteiger partial charge on any atom is -0.314 e. The highest BCUT2D eigenvalue weighted by molar-refractivity contribution is 7.91. The lowest BCUT2D eigenvalue weighted by atomic mass is 9.75. The highest BCUT2D eigenvalue weighted by Crippen LogP contribution is 2.44. The van der Waals surface area contributed by atoms with Crippen LogP contribution in [0, 0.1) is 17.8 Å². The second-order valence-corrected chi connectivity index (χ2v) is 9.74. The Bertz CT molecular complexity index is 430. The molecule has 116 valence electrons. The maximum Gasteiger partial charge on any atom is 0.150 e. The molecule has 0 radical (unpaired) electrons. The second kappa shape index (κ2) is 5.96. The molecule has 1 N–H and O–H groups in total. The molecule has 3 saturated carbocycles. The van der Waals surface area contributed by atoms with Crippen molar-refractivity contribution in [2.24, 2.45) is 17.8 Å². The van der Waals surface area contributed by atoms with E-state index in [2.05, 4.69) is 5.32 Å². The Kier molecular flexibility index (Phi) is 4.42. The molecule has 0 spiro atoms. The first-order chi connectivity index (χ1) is 9.54. The zero-order valence-corrected chi connectivity index (χ0v) is 13.5. The SMILES string of the molecule is CS(=O)(=O)C1CCCC(C2CCCC2CNC2CC2)C1. The molecule has 0 aromatic heterocycles. The van der Waals surface area contributed by atoms with Crippen LogP contribution in [0.4, 0.5) is 0 Å². The number of nitrogens with one attached hydrogen (secondary N) is 1. The zero-order chi connectivity index (χ0) is 14.2. The van der Waals surface area contributed by atoms with E-state index in [1.165, 1.54) is 51.3 Å². The highest BCUT2D eigenvalue weighted by Gasteiger charge is 2.38. The van der Waals surface area contributed by atoms with Gasteiger partial charge in [0, 0.05) is 12.3 Å². The number of hydrogen-bond acceptors (Lipinski definition) is 3. The van der Waals surface area contributed by atoms with Gasteiger partial charge in [0.05, 0.1) is 5.25 Å². The van der Waals surface area contributed by atoms with Crippen LogP contribution >= 0.6 is 0 Å². The molecule has 0 aromatic rings. The van der Waals surface area contributed by atoms with E-state index in [1.807, 2.05) is 0 Å². The van der Waals surface area contributed by atoms with Crippen LogP contribution in [-0.2, 0) is 9.84 Å². The smallest absolute Gasteiger partial charge is 0.150 e. The van der Waals surface area contributed by atoms with Gasteiger partial charge in [-0.2, -0.15) is 0 Å². The van der Waals surface area contributed by atoms with E-state index in [0.29, 0.717) is 5.92 Å². The number of hydrogen-bond donors (Lipinski definition) is 1. The summed E-state index contributed by atoms with van der Waals surface area (Å²) in [5.41, 5.74) is 0. The molecule has 0 aromatic carbocycles. The Balaban J connectivity index is 1.58.